The van der Waals surface area contributed by atoms with Crippen molar-refractivity contribution in [3.63, 3.8) is 0 Å². The summed E-state index contributed by atoms with van der Waals surface area (Å²) < 4.78 is 5.38. The average Bonchev–Trinajstić information content (AvgIpc) is 3.10. The molecule has 0 saturated carbocycles. The molecule has 2 heterocycles. The first-order chi connectivity index (χ1) is 14.9. The number of anilines is 1. The molecule has 1 fully saturated rings. The predicted molar refractivity (Wildman–Crippen MR) is 111 cm³/mol. The van der Waals surface area contributed by atoms with Crippen molar-refractivity contribution >= 4 is 34.9 Å². The Morgan fingerprint density at radius 2 is 1.65 bits per heavy atom. The van der Waals surface area contributed by atoms with Crippen molar-refractivity contribution < 1.29 is 19.4 Å². The van der Waals surface area contributed by atoms with Crippen molar-refractivity contribution in [2.75, 3.05) is 31.3 Å². The molecule has 158 valence electrons. The number of rotatable bonds is 4. The average molecular weight is 423 g/mol. The number of nitro benzene ring substituents is 2. The fourth-order valence-corrected chi connectivity index (χ4v) is 3.32. The second-order valence-electron chi connectivity index (χ2n) is 6.82. The fraction of sp³-hybridized carbons (Fsp3) is 0.200. The number of amidine groups is 1. The lowest BCUT2D eigenvalue weighted by Gasteiger charge is -2.28. The quantitative estimate of drug-likeness (QED) is 0.419. The van der Waals surface area contributed by atoms with Gasteiger partial charge < -0.3 is 9.64 Å². The zero-order chi connectivity index (χ0) is 22.0. The van der Waals surface area contributed by atoms with Crippen LogP contribution in [0.5, 0.6) is 0 Å². The van der Waals surface area contributed by atoms with Crippen LogP contribution in [0.3, 0.4) is 0 Å². The molecule has 0 aliphatic carbocycles. The number of non-ortho nitro benzene ring substituents is 2. The van der Waals surface area contributed by atoms with Crippen molar-refractivity contribution in [2.24, 2.45) is 5.10 Å². The molecule has 0 atom stereocenters. The van der Waals surface area contributed by atoms with Gasteiger partial charge in [0.25, 0.3) is 17.3 Å². The number of hydrogen-bond donors (Lipinski definition) is 0. The van der Waals surface area contributed by atoms with E-state index in [0.29, 0.717) is 43.4 Å². The Bertz CT molecular complexity index is 1110. The second-order valence-corrected chi connectivity index (χ2v) is 6.82. The Labute approximate surface area is 176 Å². The van der Waals surface area contributed by atoms with Gasteiger partial charge in [-0.15, -0.1) is 5.10 Å². The number of hydrogen-bond acceptors (Lipinski definition) is 8. The highest BCUT2D eigenvalue weighted by Gasteiger charge is 2.35. The SMILES string of the molecule is O=C1/C(=C/c2cccc([N+](=O)[O-])c2)C(N2CCOCC2)=NN1c1ccc([N+](=O)[O-])cc1. The van der Waals surface area contributed by atoms with Crippen LogP contribution >= 0.6 is 0 Å². The van der Waals surface area contributed by atoms with Crippen LogP contribution in [0.25, 0.3) is 6.08 Å². The summed E-state index contributed by atoms with van der Waals surface area (Å²) >= 11 is 0. The highest BCUT2D eigenvalue weighted by Crippen LogP contribution is 2.28. The van der Waals surface area contributed by atoms with E-state index in [9.17, 15) is 25.0 Å². The van der Waals surface area contributed by atoms with Gasteiger partial charge in [0.15, 0.2) is 5.84 Å². The first-order valence-electron chi connectivity index (χ1n) is 9.41. The van der Waals surface area contributed by atoms with Gasteiger partial charge in [-0.2, -0.15) is 5.01 Å². The number of hydrazone groups is 1. The van der Waals surface area contributed by atoms with E-state index in [1.54, 1.807) is 18.2 Å². The molecule has 0 bridgehead atoms. The largest absolute Gasteiger partial charge is 0.378 e. The first kappa shape index (κ1) is 20.2. The third-order valence-corrected chi connectivity index (χ3v) is 4.87. The van der Waals surface area contributed by atoms with Gasteiger partial charge in [0, 0.05) is 37.4 Å². The van der Waals surface area contributed by atoms with Gasteiger partial charge in [-0.3, -0.25) is 25.0 Å². The third kappa shape index (κ3) is 4.12. The molecule has 2 aliphatic rings. The van der Waals surface area contributed by atoms with E-state index < -0.39 is 15.8 Å². The summed E-state index contributed by atoms with van der Waals surface area (Å²) in [5.41, 5.74) is 0.964. The van der Waals surface area contributed by atoms with Crippen LogP contribution in [0.2, 0.25) is 0 Å². The topological polar surface area (TPSA) is 131 Å². The van der Waals surface area contributed by atoms with Crippen LogP contribution in [-0.2, 0) is 9.53 Å². The molecule has 0 spiro atoms. The number of carbonyl (C=O) groups is 1. The van der Waals surface area contributed by atoms with Crippen molar-refractivity contribution in [1.29, 1.82) is 0 Å². The molecule has 2 aromatic rings. The van der Waals surface area contributed by atoms with Gasteiger partial charge in [-0.05, 0) is 23.8 Å². The van der Waals surface area contributed by atoms with Crippen LogP contribution in [0.15, 0.2) is 59.2 Å². The maximum absolute atomic E-state index is 13.2. The van der Waals surface area contributed by atoms with Crippen LogP contribution < -0.4 is 5.01 Å². The van der Waals surface area contributed by atoms with Crippen molar-refractivity contribution in [3.8, 4) is 0 Å². The number of carbonyl (C=O) groups excluding carboxylic acids is 1. The number of nitrogens with zero attached hydrogens (tertiary/aromatic N) is 5. The number of ether oxygens (including phenoxy) is 1. The van der Waals surface area contributed by atoms with E-state index in [4.69, 9.17) is 4.74 Å². The van der Waals surface area contributed by atoms with E-state index in [1.165, 1.54) is 41.4 Å². The lowest BCUT2D eigenvalue weighted by Crippen LogP contribution is -2.41. The molecule has 0 radical (unpaired) electrons. The maximum atomic E-state index is 13.2. The molecule has 2 aromatic carbocycles. The Kier molecular flexibility index (Phi) is 5.41. The van der Waals surface area contributed by atoms with Gasteiger partial charge in [0.05, 0.1) is 34.3 Å². The smallest absolute Gasteiger partial charge is 0.282 e. The summed E-state index contributed by atoms with van der Waals surface area (Å²) in [6, 6.07) is 11.5. The van der Waals surface area contributed by atoms with Crippen LogP contribution in [0.1, 0.15) is 5.56 Å². The fourth-order valence-electron chi connectivity index (χ4n) is 3.32. The number of nitro groups is 2. The molecule has 0 aromatic heterocycles. The predicted octanol–water partition coefficient (Wildman–Crippen LogP) is 2.58. The van der Waals surface area contributed by atoms with Gasteiger partial charge in [0.2, 0.25) is 0 Å². The van der Waals surface area contributed by atoms with E-state index in [1.807, 2.05) is 4.90 Å². The summed E-state index contributed by atoms with van der Waals surface area (Å²) in [5.74, 6) is 0.00000919. The Morgan fingerprint density at radius 1 is 0.968 bits per heavy atom. The number of amides is 1. The standard InChI is InChI=1S/C20H17N5O6/c26-20-18(13-14-2-1-3-17(12-14)25(29)30)19(22-8-10-31-11-9-22)21-23(20)15-4-6-16(7-5-15)24(27)28/h1-7,12-13H,8-11H2/b18-13+. The summed E-state index contributed by atoms with van der Waals surface area (Å²) in [5, 5.41) is 27.7. The van der Waals surface area contributed by atoms with Gasteiger partial charge in [-0.25, -0.2) is 0 Å². The monoisotopic (exact) mass is 423 g/mol. The lowest BCUT2D eigenvalue weighted by atomic mass is 10.1. The molecule has 11 nitrogen and oxygen atoms in total. The Balaban J connectivity index is 1.73. The van der Waals surface area contributed by atoms with E-state index in [-0.39, 0.29) is 16.9 Å². The van der Waals surface area contributed by atoms with E-state index in [2.05, 4.69) is 5.10 Å². The molecule has 4 rings (SSSR count). The van der Waals surface area contributed by atoms with E-state index >= 15 is 0 Å². The van der Waals surface area contributed by atoms with Crippen molar-refractivity contribution in [1.82, 2.24) is 4.90 Å². The minimum Gasteiger partial charge on any atom is -0.378 e. The summed E-state index contributed by atoms with van der Waals surface area (Å²) in [6.07, 6.45) is 1.56. The molecule has 11 heteroatoms. The van der Waals surface area contributed by atoms with E-state index in [0.717, 1.165) is 0 Å². The molecular weight excluding hydrogens is 406 g/mol. The van der Waals surface area contributed by atoms with Crippen molar-refractivity contribution in [2.45, 2.75) is 0 Å². The molecule has 1 saturated heterocycles. The molecular formula is C20H17N5O6. The van der Waals surface area contributed by atoms with Crippen LogP contribution in [0.4, 0.5) is 17.1 Å². The Hall–Kier alpha value is -4.12. The summed E-state index contributed by atoms with van der Waals surface area (Å²) in [7, 11) is 0. The van der Waals surface area contributed by atoms with Gasteiger partial charge in [0.1, 0.15) is 0 Å². The first-order valence-corrected chi connectivity index (χ1v) is 9.41. The van der Waals surface area contributed by atoms with Crippen LogP contribution in [-0.4, -0.2) is 52.8 Å². The number of morpholine rings is 1. The third-order valence-electron chi connectivity index (χ3n) is 4.87. The summed E-state index contributed by atoms with van der Waals surface area (Å²) in [4.78, 5) is 36.1. The normalized spacial score (nSPS) is 17.7. The zero-order valence-electron chi connectivity index (χ0n) is 16.2. The minimum atomic E-state index is -0.522. The highest BCUT2D eigenvalue weighted by molar-refractivity contribution is 6.32. The summed E-state index contributed by atoms with van der Waals surface area (Å²) in [6.45, 7) is 2.03. The minimum absolute atomic E-state index is 0.0862. The second kappa shape index (κ2) is 8.32. The molecule has 0 N–H and O–H groups in total. The van der Waals surface area contributed by atoms with Crippen LogP contribution in [0, 0.1) is 20.2 Å². The maximum Gasteiger partial charge on any atom is 0.282 e. The molecule has 2 aliphatic heterocycles. The molecule has 1 amide bonds. The zero-order valence-corrected chi connectivity index (χ0v) is 16.2. The number of benzene rings is 2. The molecule has 0 unspecified atom stereocenters. The van der Waals surface area contributed by atoms with Gasteiger partial charge in [-0.1, -0.05) is 12.1 Å². The Morgan fingerprint density at radius 3 is 2.29 bits per heavy atom. The molecule has 31 heavy (non-hydrogen) atoms. The van der Waals surface area contributed by atoms with Crippen molar-refractivity contribution in [3.05, 3.63) is 79.9 Å². The van der Waals surface area contributed by atoms with Gasteiger partial charge >= 0.3 is 0 Å². The lowest BCUT2D eigenvalue weighted by molar-refractivity contribution is -0.385. The highest BCUT2D eigenvalue weighted by atomic mass is 16.6.